The van der Waals surface area contributed by atoms with Crippen molar-refractivity contribution in [3.05, 3.63) is 94.2 Å². The summed E-state index contributed by atoms with van der Waals surface area (Å²) < 4.78 is 29.9. The maximum Gasteiger partial charge on any atom is 0.337 e. The van der Waals surface area contributed by atoms with Gasteiger partial charge in [0.2, 0.25) is 9.84 Å². The Balaban J connectivity index is 1.65. The van der Waals surface area contributed by atoms with Crippen molar-refractivity contribution < 1.29 is 23.1 Å². The lowest BCUT2D eigenvalue weighted by Gasteiger charge is -2.25. The largest absolute Gasteiger partial charge is 0.478 e. The number of rotatable bonds is 5. The number of carbonyl (C=O) groups is 2. The monoisotopic (exact) mass is 515 g/mol. The van der Waals surface area contributed by atoms with Crippen LogP contribution in [0.2, 0.25) is 0 Å². The van der Waals surface area contributed by atoms with Crippen LogP contribution in [0.5, 0.6) is 0 Å². The molecule has 3 aromatic carbocycles. The number of sulfone groups is 1. The van der Waals surface area contributed by atoms with E-state index in [0.29, 0.717) is 16.8 Å². The van der Waals surface area contributed by atoms with E-state index < -0.39 is 27.6 Å². The van der Waals surface area contributed by atoms with E-state index in [4.69, 9.17) is 0 Å². The van der Waals surface area contributed by atoms with Crippen LogP contribution in [0.1, 0.15) is 56.1 Å². The number of allylic oxidation sites excluding steroid dienone is 1. The Morgan fingerprint density at radius 1 is 1.08 bits per heavy atom. The summed E-state index contributed by atoms with van der Waals surface area (Å²) in [5, 5.41) is 17.9. The van der Waals surface area contributed by atoms with Gasteiger partial charge in [-0.1, -0.05) is 24.3 Å². The zero-order valence-corrected chi connectivity index (χ0v) is 21.6. The van der Waals surface area contributed by atoms with Crippen LogP contribution in [0.25, 0.3) is 15.8 Å². The lowest BCUT2D eigenvalue weighted by Crippen LogP contribution is -2.22. The molecule has 0 fully saturated rings. The van der Waals surface area contributed by atoms with Crippen molar-refractivity contribution in [3.8, 4) is 0 Å². The van der Waals surface area contributed by atoms with Gasteiger partial charge in [0.25, 0.3) is 0 Å². The van der Waals surface area contributed by atoms with Crippen molar-refractivity contribution in [2.24, 2.45) is 7.05 Å². The highest BCUT2D eigenvalue weighted by molar-refractivity contribution is 8.01. The quantitative estimate of drug-likeness (QED) is 0.381. The normalized spacial score (nSPS) is 15.2. The van der Waals surface area contributed by atoms with Gasteiger partial charge in [0.15, 0.2) is 5.78 Å². The van der Waals surface area contributed by atoms with Crippen molar-refractivity contribution in [1.29, 1.82) is 0 Å². The third kappa shape index (κ3) is 4.01. The highest BCUT2D eigenvalue weighted by Crippen LogP contribution is 2.41. The van der Waals surface area contributed by atoms with Crippen LogP contribution in [-0.2, 0) is 16.9 Å². The molecule has 1 aliphatic rings. The molecule has 2 N–H and O–H groups in total. The molecule has 9 heteroatoms. The summed E-state index contributed by atoms with van der Waals surface area (Å²) in [5.74, 6) is -1.50. The van der Waals surface area contributed by atoms with Crippen molar-refractivity contribution in [3.63, 3.8) is 0 Å². The topological polar surface area (TPSA) is 118 Å². The molecule has 1 aromatic heterocycles. The van der Waals surface area contributed by atoms with Crippen molar-refractivity contribution in [2.45, 2.75) is 31.7 Å². The van der Waals surface area contributed by atoms with Gasteiger partial charge in [-0.05, 0) is 67.8 Å². The number of nitrogens with one attached hydrogen (secondary N) is 1. The van der Waals surface area contributed by atoms with E-state index in [-0.39, 0.29) is 20.9 Å². The number of para-hydroxylation sites is 1. The predicted octanol–water partition coefficient (Wildman–Crippen LogP) is 5.07. The molecular weight excluding hydrogens is 490 g/mol. The van der Waals surface area contributed by atoms with Crippen molar-refractivity contribution in [1.82, 2.24) is 9.78 Å². The van der Waals surface area contributed by atoms with E-state index >= 15 is 0 Å². The van der Waals surface area contributed by atoms with Gasteiger partial charge >= 0.3 is 5.97 Å². The first kappa shape index (κ1) is 24.5. The highest BCUT2D eigenvalue weighted by Gasteiger charge is 2.36. The second-order valence-electron chi connectivity index (χ2n) is 9.26. The number of aromatic carboxylic acids is 1. The molecule has 0 radical (unpaired) electrons. The minimum absolute atomic E-state index is 0.0589. The van der Waals surface area contributed by atoms with Crippen LogP contribution in [0.3, 0.4) is 0 Å². The van der Waals surface area contributed by atoms with Crippen LogP contribution >= 0.6 is 0 Å². The van der Waals surface area contributed by atoms with Gasteiger partial charge in [0, 0.05) is 35.8 Å². The third-order valence-corrected chi connectivity index (χ3v) is 8.59. The number of benzene rings is 3. The molecule has 0 saturated heterocycles. The summed E-state index contributed by atoms with van der Waals surface area (Å²) in [4.78, 5) is 24.8. The first-order valence-electron chi connectivity index (χ1n) is 11.7. The first-order chi connectivity index (χ1) is 17.5. The van der Waals surface area contributed by atoms with Gasteiger partial charge < -0.3 is 10.4 Å². The Hall–Kier alpha value is -4.24. The Morgan fingerprint density at radius 2 is 1.81 bits per heavy atom. The van der Waals surface area contributed by atoms with E-state index in [1.807, 2.05) is 14.0 Å². The van der Waals surface area contributed by atoms with Crippen LogP contribution in [0.15, 0.2) is 65.6 Å². The van der Waals surface area contributed by atoms with Gasteiger partial charge in [-0.25, -0.2) is 13.2 Å². The second kappa shape index (κ2) is 8.70. The molecule has 0 aliphatic carbocycles. The molecule has 0 saturated carbocycles. The van der Waals surface area contributed by atoms with Gasteiger partial charge in [0.05, 0.1) is 26.6 Å². The Bertz CT molecular complexity index is 1770. The van der Waals surface area contributed by atoms with Crippen molar-refractivity contribution >= 4 is 43.1 Å². The molecule has 188 valence electrons. The molecule has 4 aromatic rings. The third-order valence-electron chi connectivity index (χ3n) is 6.66. The molecule has 0 bridgehead atoms. The summed E-state index contributed by atoms with van der Waals surface area (Å²) in [6, 6.07) is 14.3. The number of aryl methyl sites for hydroxylation is 3. The predicted molar refractivity (Wildman–Crippen MR) is 142 cm³/mol. The number of fused-ring (bicyclic) bond motifs is 2. The van der Waals surface area contributed by atoms with Crippen LogP contribution in [0.4, 0.5) is 5.69 Å². The van der Waals surface area contributed by atoms with Gasteiger partial charge in [-0.3, -0.25) is 9.48 Å². The molecule has 2 heterocycles. The first-order valence-corrected chi connectivity index (χ1v) is 13.2. The number of anilines is 1. The van der Waals surface area contributed by atoms with Gasteiger partial charge in [0.1, 0.15) is 0 Å². The Labute approximate surface area is 214 Å². The number of hydrogen-bond donors (Lipinski definition) is 2. The average molecular weight is 516 g/mol. The molecule has 1 unspecified atom stereocenters. The summed E-state index contributed by atoms with van der Waals surface area (Å²) in [6.07, 6.45) is 1.19. The number of ketones is 1. The molecule has 8 nitrogen and oxygen atoms in total. The Morgan fingerprint density at radius 3 is 2.54 bits per heavy atom. The van der Waals surface area contributed by atoms with E-state index in [1.165, 1.54) is 12.1 Å². The number of aromatic nitrogens is 2. The maximum absolute atomic E-state index is 14.1. The molecule has 1 aliphatic heterocycles. The lowest BCUT2D eigenvalue weighted by atomic mass is 9.97. The second-order valence-corrected chi connectivity index (χ2v) is 11.1. The summed E-state index contributed by atoms with van der Waals surface area (Å²) in [6.45, 7) is 5.39. The number of carbonyl (C=O) groups excluding carboxylic acids is 1. The van der Waals surface area contributed by atoms with Gasteiger partial charge in [-0.2, -0.15) is 5.10 Å². The summed E-state index contributed by atoms with van der Waals surface area (Å²) in [7, 11) is -2.28. The summed E-state index contributed by atoms with van der Waals surface area (Å²) >= 11 is 0. The fraction of sp³-hybridized carbons (Fsp3) is 0.179. The van der Waals surface area contributed by atoms with Crippen molar-refractivity contribution in [2.75, 3.05) is 5.32 Å². The van der Waals surface area contributed by atoms with Gasteiger partial charge in [-0.15, -0.1) is 0 Å². The minimum atomic E-state index is -4.10. The van der Waals surface area contributed by atoms with Crippen LogP contribution in [0, 0.1) is 13.8 Å². The summed E-state index contributed by atoms with van der Waals surface area (Å²) in [5.41, 5.74) is 3.67. The number of carboxylic acids is 1. The van der Waals surface area contributed by atoms with E-state index in [0.717, 1.165) is 22.2 Å². The van der Waals surface area contributed by atoms with Crippen LogP contribution < -0.4 is 5.32 Å². The molecule has 37 heavy (non-hydrogen) atoms. The number of carboxylic acid groups (broad SMARTS) is 1. The smallest absolute Gasteiger partial charge is 0.337 e. The number of hydrogen-bond acceptors (Lipinski definition) is 6. The molecule has 0 amide bonds. The fourth-order valence-corrected chi connectivity index (χ4v) is 6.84. The van der Waals surface area contributed by atoms with E-state index in [2.05, 4.69) is 10.4 Å². The SMILES string of the molecule is Cc1cc2c(c(C(C)Nc3ccccc3C(=O)O)c1)S(=O)(=O)C(c1ccc3c(c1)c(C)nn3C)=CC2=O. The van der Waals surface area contributed by atoms with E-state index in [9.17, 15) is 23.1 Å². The molecule has 1 atom stereocenters. The standard InChI is InChI=1S/C28H25N3O5S/c1-15-11-21(16(2)29-23-8-6-5-7-19(23)28(33)34)27-22(12-15)25(32)14-26(37(27,35)36)18-9-10-24-20(13-18)17(3)30-31(24)4/h5-14,16,29H,1-4H3,(H,33,34). The van der Waals surface area contributed by atoms with Crippen LogP contribution in [-0.4, -0.2) is 35.1 Å². The lowest BCUT2D eigenvalue weighted by molar-refractivity contribution is 0.0697. The maximum atomic E-state index is 14.1. The molecule has 5 rings (SSSR count). The minimum Gasteiger partial charge on any atom is -0.478 e. The zero-order chi connectivity index (χ0) is 26.6. The Kier molecular flexibility index (Phi) is 5.75. The molecule has 0 spiro atoms. The molecular formula is C28H25N3O5S. The zero-order valence-electron chi connectivity index (χ0n) is 20.7. The highest BCUT2D eigenvalue weighted by atomic mass is 32.2. The van der Waals surface area contributed by atoms with E-state index in [1.54, 1.807) is 67.1 Å². The fourth-order valence-electron chi connectivity index (χ4n) is 4.93. The number of nitrogens with zero attached hydrogens (tertiary/aromatic N) is 2. The average Bonchev–Trinajstić information content (AvgIpc) is 3.13.